The molecule has 13 heteroatoms. The van der Waals surface area contributed by atoms with Gasteiger partial charge in [-0.15, -0.1) is 0 Å². The van der Waals surface area contributed by atoms with Crippen LogP contribution >= 0.6 is 0 Å². The van der Waals surface area contributed by atoms with Gasteiger partial charge in [0.25, 0.3) is 0 Å². The van der Waals surface area contributed by atoms with Gasteiger partial charge in [0.1, 0.15) is 12.2 Å². The van der Waals surface area contributed by atoms with Crippen LogP contribution in [0.2, 0.25) is 0 Å². The van der Waals surface area contributed by atoms with Gasteiger partial charge in [-0.2, -0.15) is 0 Å². The number of aliphatic hydroxyl groups excluding tert-OH is 1. The van der Waals surface area contributed by atoms with Crippen LogP contribution in [-0.4, -0.2) is 103 Å². The molecule has 268 valence electrons. The zero-order valence-corrected chi connectivity index (χ0v) is 29.5. The van der Waals surface area contributed by atoms with E-state index < -0.39 is 41.6 Å². The number of aliphatic imine (C=N–C) groups is 1. The first-order chi connectivity index (χ1) is 22.3. The molecule has 2 rings (SSSR count). The number of hydrogen-bond acceptors (Lipinski definition) is 11. The number of nitrogens with zero attached hydrogens (tertiary/aromatic N) is 1. The van der Waals surface area contributed by atoms with Gasteiger partial charge in [0.15, 0.2) is 5.41 Å². The Morgan fingerprint density at radius 2 is 1.51 bits per heavy atom. The Morgan fingerprint density at radius 3 is 2.02 bits per heavy atom. The van der Waals surface area contributed by atoms with Gasteiger partial charge < -0.3 is 40.4 Å². The van der Waals surface area contributed by atoms with E-state index in [-0.39, 0.29) is 61.8 Å². The van der Waals surface area contributed by atoms with Crippen molar-refractivity contribution in [3.05, 3.63) is 11.6 Å². The first kappa shape index (κ1) is 40.3. The van der Waals surface area contributed by atoms with E-state index in [2.05, 4.69) is 10.6 Å². The molecule has 2 aliphatic rings. The molecule has 8 unspecified atom stereocenters. The second-order valence-electron chi connectivity index (χ2n) is 12.5. The van der Waals surface area contributed by atoms with E-state index in [4.69, 9.17) is 29.7 Å². The lowest BCUT2D eigenvalue weighted by Crippen LogP contribution is -2.69. The SMILES string of the molecule is CCOC(=O)C1(C(=O)OCC)CC(N=CCCC(CC)OC2C=C(C)CC(N)C2NC(C)=O)C(NC(C)=O)C(OC(CC)CC)C1O. The average molecular weight is 667 g/mol. The smallest absolute Gasteiger partial charge is 0.326 e. The summed E-state index contributed by atoms with van der Waals surface area (Å²) in [4.78, 5) is 56.2. The van der Waals surface area contributed by atoms with Crippen LogP contribution in [-0.2, 0) is 38.1 Å². The van der Waals surface area contributed by atoms with Gasteiger partial charge in [0, 0.05) is 26.3 Å². The Morgan fingerprint density at radius 1 is 0.957 bits per heavy atom. The maximum absolute atomic E-state index is 13.5. The Labute approximate surface area is 279 Å². The van der Waals surface area contributed by atoms with Crippen LogP contribution in [0.3, 0.4) is 0 Å². The third-order valence-corrected chi connectivity index (χ3v) is 8.94. The fourth-order valence-electron chi connectivity index (χ4n) is 6.51. The second-order valence-corrected chi connectivity index (χ2v) is 12.5. The molecule has 1 fully saturated rings. The molecule has 8 atom stereocenters. The summed E-state index contributed by atoms with van der Waals surface area (Å²) >= 11 is 0. The zero-order valence-electron chi connectivity index (χ0n) is 29.5. The number of nitrogens with two attached hydrogens (primary N) is 1. The highest BCUT2D eigenvalue weighted by Crippen LogP contribution is 2.43. The maximum atomic E-state index is 13.5. The summed E-state index contributed by atoms with van der Waals surface area (Å²) in [5.41, 5.74) is 5.35. The number of nitrogens with one attached hydrogen (secondary N) is 2. The van der Waals surface area contributed by atoms with Gasteiger partial charge in [-0.25, -0.2) is 0 Å². The summed E-state index contributed by atoms with van der Waals surface area (Å²) in [6, 6.07) is -2.29. The van der Waals surface area contributed by atoms with E-state index in [0.29, 0.717) is 38.5 Å². The van der Waals surface area contributed by atoms with E-state index in [0.717, 1.165) is 5.57 Å². The molecule has 13 nitrogen and oxygen atoms in total. The number of esters is 2. The molecular formula is C34H58N4O9. The normalized spacial score (nSPS) is 28.0. The number of amides is 2. The maximum Gasteiger partial charge on any atom is 0.326 e. The van der Waals surface area contributed by atoms with Gasteiger partial charge in [-0.05, 0) is 65.5 Å². The molecule has 0 spiro atoms. The van der Waals surface area contributed by atoms with Crippen molar-refractivity contribution in [1.29, 1.82) is 0 Å². The molecular weight excluding hydrogens is 608 g/mol. The van der Waals surface area contributed by atoms with E-state index in [9.17, 15) is 24.3 Å². The Bertz CT molecular complexity index is 1090. The highest BCUT2D eigenvalue weighted by molar-refractivity contribution is 6.01. The number of carbonyl (C=O) groups is 4. The van der Waals surface area contributed by atoms with Crippen molar-refractivity contribution < 1.29 is 43.2 Å². The number of ether oxygens (including phenoxy) is 4. The first-order valence-electron chi connectivity index (χ1n) is 17.1. The molecule has 47 heavy (non-hydrogen) atoms. The van der Waals surface area contributed by atoms with Crippen LogP contribution in [0.4, 0.5) is 0 Å². The molecule has 0 saturated heterocycles. The predicted molar refractivity (Wildman–Crippen MR) is 178 cm³/mol. The van der Waals surface area contributed by atoms with Crippen molar-refractivity contribution in [2.24, 2.45) is 16.1 Å². The minimum absolute atomic E-state index is 0.0182. The molecule has 0 bridgehead atoms. The number of carbonyl (C=O) groups excluding carboxylic acids is 4. The van der Waals surface area contributed by atoms with E-state index in [1.165, 1.54) is 13.8 Å². The third-order valence-electron chi connectivity index (χ3n) is 8.94. The van der Waals surface area contributed by atoms with Gasteiger partial charge in [0.05, 0.1) is 49.7 Å². The molecule has 2 amide bonds. The lowest BCUT2D eigenvalue weighted by atomic mass is 9.66. The average Bonchev–Trinajstić information content (AvgIpc) is 3.00. The highest BCUT2D eigenvalue weighted by Gasteiger charge is 2.64. The molecule has 2 aliphatic carbocycles. The van der Waals surface area contributed by atoms with Crippen LogP contribution in [0, 0.1) is 5.41 Å². The van der Waals surface area contributed by atoms with Crippen LogP contribution in [0.15, 0.2) is 16.6 Å². The van der Waals surface area contributed by atoms with Gasteiger partial charge in [0.2, 0.25) is 11.8 Å². The van der Waals surface area contributed by atoms with Crippen molar-refractivity contribution >= 4 is 30.0 Å². The van der Waals surface area contributed by atoms with E-state index >= 15 is 0 Å². The minimum Gasteiger partial charge on any atom is -0.465 e. The Kier molecular flexibility index (Phi) is 16.5. The molecule has 1 saturated carbocycles. The van der Waals surface area contributed by atoms with Crippen molar-refractivity contribution in [3.8, 4) is 0 Å². The number of aliphatic hydroxyl groups is 1. The highest BCUT2D eigenvalue weighted by atomic mass is 16.6. The van der Waals surface area contributed by atoms with Crippen molar-refractivity contribution in [2.45, 2.75) is 155 Å². The topological polar surface area (TPSA) is 188 Å². The van der Waals surface area contributed by atoms with E-state index in [1.54, 1.807) is 20.1 Å². The molecule has 0 aromatic rings. The molecule has 0 radical (unpaired) electrons. The lowest BCUT2D eigenvalue weighted by molar-refractivity contribution is -0.206. The number of rotatable bonds is 17. The van der Waals surface area contributed by atoms with Gasteiger partial charge in [-0.3, -0.25) is 24.2 Å². The summed E-state index contributed by atoms with van der Waals surface area (Å²) in [5, 5.41) is 17.6. The molecule has 0 heterocycles. The third kappa shape index (κ3) is 10.6. The fraction of sp³-hybridized carbons (Fsp3) is 0.794. The standard InChI is InChI=1S/C34H58N4O9/c1-9-23(10-2)47-30-29(38-22(8)40)26(19-34(31(30)41,32(42)44-12-4)33(43)45-13-5)36-16-14-15-24(11-3)46-27-18-20(6)17-25(35)28(27)37-21(7)39/h16,18,23-31,41H,9-15,17,19,35H2,1-8H3,(H,37,39)(H,38,40). The minimum atomic E-state index is -2.11. The van der Waals surface area contributed by atoms with Crippen LogP contribution in [0.25, 0.3) is 0 Å². The quantitative estimate of drug-likeness (QED) is 0.0777. The summed E-state index contributed by atoms with van der Waals surface area (Å²) in [5.74, 6) is -2.39. The van der Waals surface area contributed by atoms with Gasteiger partial charge in [-0.1, -0.05) is 32.4 Å². The second kappa shape index (κ2) is 19.2. The first-order valence-corrected chi connectivity index (χ1v) is 17.1. The molecule has 0 aromatic heterocycles. The molecule has 0 aromatic carbocycles. The van der Waals surface area contributed by atoms with E-state index in [1.807, 2.05) is 33.8 Å². The molecule has 0 aliphatic heterocycles. The summed E-state index contributed by atoms with van der Waals surface area (Å²) in [7, 11) is 0. The largest absolute Gasteiger partial charge is 0.465 e. The Hall–Kier alpha value is -2.87. The molecule has 5 N–H and O–H groups in total. The van der Waals surface area contributed by atoms with Gasteiger partial charge >= 0.3 is 11.9 Å². The monoisotopic (exact) mass is 666 g/mol. The summed E-state index contributed by atoms with van der Waals surface area (Å²) in [6.07, 6.45) is 3.37. The predicted octanol–water partition coefficient (Wildman–Crippen LogP) is 2.51. The van der Waals surface area contributed by atoms with Crippen LogP contribution in [0.1, 0.15) is 100 Å². The van der Waals surface area contributed by atoms with Crippen molar-refractivity contribution in [3.63, 3.8) is 0 Å². The van der Waals surface area contributed by atoms with Crippen LogP contribution in [0.5, 0.6) is 0 Å². The summed E-state index contributed by atoms with van der Waals surface area (Å²) < 4.78 is 23.5. The Balaban J connectivity index is 2.42. The fourth-order valence-corrected chi connectivity index (χ4v) is 6.51. The summed E-state index contributed by atoms with van der Waals surface area (Å²) in [6.45, 7) is 13.9. The number of hydrogen-bond donors (Lipinski definition) is 4. The lowest BCUT2D eigenvalue weighted by Gasteiger charge is -2.48. The van der Waals surface area contributed by atoms with Crippen molar-refractivity contribution in [1.82, 2.24) is 10.6 Å². The van der Waals surface area contributed by atoms with Crippen LogP contribution < -0.4 is 16.4 Å². The van der Waals surface area contributed by atoms with Crippen molar-refractivity contribution in [2.75, 3.05) is 13.2 Å². The zero-order chi connectivity index (χ0) is 35.3.